The molecule has 1 N–H and O–H groups in total. The van der Waals surface area contributed by atoms with Crippen LogP contribution in [0.2, 0.25) is 0 Å². The van der Waals surface area contributed by atoms with E-state index < -0.39 is 11.7 Å². The van der Waals surface area contributed by atoms with Crippen molar-refractivity contribution in [3.05, 3.63) is 40.1 Å². The third-order valence-corrected chi connectivity index (χ3v) is 3.53. The highest BCUT2D eigenvalue weighted by molar-refractivity contribution is 9.10. The Morgan fingerprint density at radius 2 is 2.10 bits per heavy atom. The number of hydrogen-bond acceptors (Lipinski definition) is 3. The van der Waals surface area contributed by atoms with E-state index in [4.69, 9.17) is 0 Å². The summed E-state index contributed by atoms with van der Waals surface area (Å²) in [5, 5.41) is 10.8. The predicted octanol–water partition coefficient (Wildman–Crippen LogP) is 3.55. The Kier molecular flexibility index (Phi) is 5.00. The van der Waals surface area contributed by atoms with Crippen molar-refractivity contribution in [2.75, 3.05) is 6.54 Å². The minimum absolute atomic E-state index is 0.315. The number of benzene rings is 1. The second kappa shape index (κ2) is 6.57. The first-order valence-corrected chi connectivity index (χ1v) is 7.20. The molecule has 1 aromatic carbocycles. The van der Waals surface area contributed by atoms with Crippen LogP contribution >= 0.6 is 15.9 Å². The van der Waals surface area contributed by atoms with Gasteiger partial charge in [0.1, 0.15) is 0 Å². The van der Waals surface area contributed by atoms with Gasteiger partial charge >= 0.3 is 6.18 Å². The molecule has 0 aliphatic rings. The zero-order valence-corrected chi connectivity index (χ0v) is 12.9. The van der Waals surface area contributed by atoms with Crippen molar-refractivity contribution < 1.29 is 13.2 Å². The summed E-state index contributed by atoms with van der Waals surface area (Å²) >= 11 is 3.26. The fourth-order valence-electron chi connectivity index (χ4n) is 1.82. The average molecular weight is 363 g/mol. The summed E-state index contributed by atoms with van der Waals surface area (Å²) in [6.45, 7) is 3.34. The zero-order valence-electron chi connectivity index (χ0n) is 11.3. The van der Waals surface area contributed by atoms with Crippen molar-refractivity contribution in [3.63, 3.8) is 0 Å². The molecule has 2 aromatic rings. The molecule has 4 nitrogen and oxygen atoms in total. The van der Waals surface area contributed by atoms with Gasteiger partial charge in [-0.15, -0.1) is 5.10 Å². The molecule has 0 amide bonds. The fourth-order valence-corrected chi connectivity index (χ4v) is 2.24. The number of alkyl halides is 3. The second-order valence-electron chi connectivity index (χ2n) is 4.48. The second-order valence-corrected chi connectivity index (χ2v) is 5.33. The average Bonchev–Trinajstić information content (AvgIpc) is 2.86. The van der Waals surface area contributed by atoms with Crippen LogP contribution in [-0.2, 0) is 12.7 Å². The quantitative estimate of drug-likeness (QED) is 0.827. The normalized spacial score (nSPS) is 11.9. The van der Waals surface area contributed by atoms with E-state index in [0.29, 0.717) is 22.4 Å². The van der Waals surface area contributed by atoms with E-state index in [9.17, 15) is 13.2 Å². The molecule has 0 bridgehead atoms. The van der Waals surface area contributed by atoms with Gasteiger partial charge in [-0.1, -0.05) is 12.1 Å². The van der Waals surface area contributed by atoms with Crippen molar-refractivity contribution in [2.45, 2.75) is 26.1 Å². The van der Waals surface area contributed by atoms with Gasteiger partial charge in [-0.25, -0.2) is 4.68 Å². The topological polar surface area (TPSA) is 42.7 Å². The number of halogens is 4. The fraction of sp³-hybridized carbons (Fsp3) is 0.385. The first-order chi connectivity index (χ1) is 9.93. The van der Waals surface area contributed by atoms with E-state index in [1.807, 2.05) is 6.92 Å². The molecule has 0 unspecified atom stereocenters. The Morgan fingerprint density at radius 3 is 2.76 bits per heavy atom. The molecule has 0 atom stereocenters. The summed E-state index contributed by atoms with van der Waals surface area (Å²) in [6, 6.07) is 3.45. The van der Waals surface area contributed by atoms with E-state index in [-0.39, 0.29) is 0 Å². The summed E-state index contributed by atoms with van der Waals surface area (Å²) in [6.07, 6.45) is -1.89. The first-order valence-electron chi connectivity index (χ1n) is 6.41. The minimum atomic E-state index is -4.39. The van der Waals surface area contributed by atoms with E-state index >= 15 is 0 Å². The van der Waals surface area contributed by atoms with Crippen molar-refractivity contribution in [1.29, 1.82) is 0 Å². The maximum atomic E-state index is 12.8. The van der Waals surface area contributed by atoms with Gasteiger partial charge in [-0.2, -0.15) is 13.2 Å². The molecular weight excluding hydrogens is 349 g/mol. The molecule has 1 aromatic heterocycles. The molecule has 2 rings (SSSR count). The van der Waals surface area contributed by atoms with Gasteiger partial charge < -0.3 is 5.32 Å². The van der Waals surface area contributed by atoms with E-state index in [1.54, 1.807) is 0 Å². The van der Waals surface area contributed by atoms with Gasteiger partial charge in [0.15, 0.2) is 0 Å². The molecule has 0 radical (unpaired) electrons. The highest BCUT2D eigenvalue weighted by Gasteiger charge is 2.31. The smallest absolute Gasteiger partial charge is 0.311 e. The largest absolute Gasteiger partial charge is 0.416 e. The SMILES string of the molecule is CCCNCc1cnnn1-c1cc(C(F)(F)F)ccc1Br. The maximum absolute atomic E-state index is 12.8. The zero-order chi connectivity index (χ0) is 15.5. The monoisotopic (exact) mass is 362 g/mol. The molecule has 0 spiro atoms. The maximum Gasteiger partial charge on any atom is 0.416 e. The van der Waals surface area contributed by atoms with Crippen LogP contribution in [0.15, 0.2) is 28.9 Å². The van der Waals surface area contributed by atoms with Crippen LogP contribution in [-0.4, -0.2) is 21.5 Å². The molecular formula is C13H14BrF3N4. The molecule has 114 valence electrons. The number of nitrogens with one attached hydrogen (secondary N) is 1. The Labute approximate surface area is 128 Å². The van der Waals surface area contributed by atoms with Gasteiger partial charge in [-0.05, 0) is 47.1 Å². The number of nitrogens with zero attached hydrogens (tertiary/aromatic N) is 3. The molecule has 21 heavy (non-hydrogen) atoms. The van der Waals surface area contributed by atoms with Gasteiger partial charge in [-0.3, -0.25) is 0 Å². The number of rotatable bonds is 5. The van der Waals surface area contributed by atoms with Gasteiger partial charge in [0.05, 0.1) is 23.1 Å². The third-order valence-electron chi connectivity index (χ3n) is 2.85. The first kappa shape index (κ1) is 16.0. The molecule has 8 heteroatoms. The van der Waals surface area contributed by atoms with Crippen LogP contribution in [0.25, 0.3) is 5.69 Å². The van der Waals surface area contributed by atoms with Crippen LogP contribution in [0.3, 0.4) is 0 Å². The summed E-state index contributed by atoms with van der Waals surface area (Å²) in [4.78, 5) is 0. The van der Waals surface area contributed by atoms with E-state index in [1.165, 1.54) is 16.9 Å². The summed E-state index contributed by atoms with van der Waals surface area (Å²) in [7, 11) is 0. The summed E-state index contributed by atoms with van der Waals surface area (Å²) < 4.78 is 40.4. The van der Waals surface area contributed by atoms with Crippen LogP contribution in [0.5, 0.6) is 0 Å². The predicted molar refractivity (Wildman–Crippen MR) is 76.1 cm³/mol. The Balaban J connectivity index is 2.36. The summed E-state index contributed by atoms with van der Waals surface area (Å²) in [5.41, 5.74) is 0.294. The molecule has 0 fully saturated rings. The van der Waals surface area contributed by atoms with Gasteiger partial charge in [0, 0.05) is 11.0 Å². The van der Waals surface area contributed by atoms with Crippen LogP contribution in [0.4, 0.5) is 13.2 Å². The third kappa shape index (κ3) is 3.82. The van der Waals surface area contributed by atoms with Gasteiger partial charge in [0.25, 0.3) is 0 Å². The number of hydrogen-bond donors (Lipinski definition) is 1. The van der Waals surface area contributed by atoms with Crippen LogP contribution in [0, 0.1) is 0 Å². The lowest BCUT2D eigenvalue weighted by Crippen LogP contribution is -2.17. The van der Waals surface area contributed by atoms with Gasteiger partial charge in [0.2, 0.25) is 0 Å². The number of aromatic nitrogens is 3. The highest BCUT2D eigenvalue weighted by atomic mass is 79.9. The highest BCUT2D eigenvalue weighted by Crippen LogP contribution is 2.33. The van der Waals surface area contributed by atoms with E-state index in [0.717, 1.165) is 25.1 Å². The molecule has 0 saturated carbocycles. The van der Waals surface area contributed by atoms with Crippen molar-refractivity contribution >= 4 is 15.9 Å². The van der Waals surface area contributed by atoms with Crippen LogP contribution < -0.4 is 5.32 Å². The summed E-state index contributed by atoms with van der Waals surface area (Å²) in [5.74, 6) is 0. The lowest BCUT2D eigenvalue weighted by molar-refractivity contribution is -0.137. The molecule has 0 aliphatic heterocycles. The molecule has 0 aliphatic carbocycles. The standard InChI is InChI=1S/C13H14BrF3N4/c1-2-5-18-7-10-8-19-20-21(10)12-6-9(13(15,16)17)3-4-11(12)14/h3-4,6,8,18H,2,5,7H2,1H3. The van der Waals surface area contributed by atoms with Crippen LogP contribution in [0.1, 0.15) is 24.6 Å². The Morgan fingerprint density at radius 1 is 1.33 bits per heavy atom. The lowest BCUT2D eigenvalue weighted by atomic mass is 10.2. The van der Waals surface area contributed by atoms with Crippen molar-refractivity contribution in [1.82, 2.24) is 20.3 Å². The molecule has 0 saturated heterocycles. The lowest BCUT2D eigenvalue weighted by Gasteiger charge is -2.12. The Hall–Kier alpha value is -1.41. The minimum Gasteiger partial charge on any atom is -0.311 e. The van der Waals surface area contributed by atoms with Crippen molar-refractivity contribution in [2.24, 2.45) is 0 Å². The Bertz CT molecular complexity index is 610. The van der Waals surface area contributed by atoms with Crippen molar-refractivity contribution in [3.8, 4) is 5.69 Å². The molecule has 1 heterocycles. The van der Waals surface area contributed by atoms with E-state index in [2.05, 4.69) is 31.6 Å².